The average Bonchev–Trinajstić information content (AvgIpc) is 3.77. The molecule has 11 nitrogen and oxygen atoms in total. The number of aromatic nitrogens is 1. The maximum atomic E-state index is 14.9. The predicted octanol–water partition coefficient (Wildman–Crippen LogP) is 6.94. The summed E-state index contributed by atoms with van der Waals surface area (Å²) in [6.07, 6.45) is 6.42. The van der Waals surface area contributed by atoms with Gasteiger partial charge in [0.2, 0.25) is 0 Å². The van der Waals surface area contributed by atoms with E-state index in [1.54, 1.807) is 63.8 Å². The van der Waals surface area contributed by atoms with Crippen LogP contribution in [0, 0.1) is 5.92 Å². The Balaban J connectivity index is 1.25. The van der Waals surface area contributed by atoms with Crippen LogP contribution in [0.5, 0.6) is 28.7 Å². The number of methoxy groups -OCH3 is 1. The van der Waals surface area contributed by atoms with Gasteiger partial charge in [0, 0.05) is 42.8 Å². The van der Waals surface area contributed by atoms with E-state index in [1.807, 2.05) is 36.4 Å². The fourth-order valence-electron chi connectivity index (χ4n) is 8.79. The topological polar surface area (TPSA) is 175 Å². The third-order valence-corrected chi connectivity index (χ3v) is 11.6. The minimum Gasteiger partial charge on any atom is -0.670 e. The SMILES string of the molecule is CNCc1cc(O)cc([C@@H](Cc2ccc(O)c(OCNC[C@H](C)O)c2)C(=O)C[C@@H](O)[C@H](Cc2cc[n-]c2)[C@H]2C=C[C@H](c3cccc4ccccc34)c3c2ccc(O)c3OC)c1. The highest BCUT2D eigenvalue weighted by atomic mass is 16.5. The largest absolute Gasteiger partial charge is 0.670 e. The minimum atomic E-state index is -1.13. The number of aromatic hydroxyl groups is 3. The summed E-state index contributed by atoms with van der Waals surface area (Å²) in [4.78, 5) is 19.2. The molecule has 6 atom stereocenters. The molecule has 0 unspecified atom stereocenters. The number of benzene rings is 5. The molecule has 0 aliphatic heterocycles. The molecule has 0 radical (unpaired) electrons. The third kappa shape index (κ3) is 9.93. The molecular weight excluding hydrogens is 771 g/mol. The van der Waals surface area contributed by atoms with Crippen LogP contribution in [0.3, 0.4) is 0 Å². The molecule has 1 aromatic heterocycles. The van der Waals surface area contributed by atoms with E-state index < -0.39 is 24.0 Å². The molecule has 318 valence electrons. The summed E-state index contributed by atoms with van der Waals surface area (Å²) in [5, 5.41) is 63.0. The van der Waals surface area contributed by atoms with Crippen molar-refractivity contribution in [3.8, 4) is 28.7 Å². The van der Waals surface area contributed by atoms with Gasteiger partial charge in [-0.3, -0.25) is 10.1 Å². The number of nitrogens with one attached hydrogen (secondary N) is 2. The van der Waals surface area contributed by atoms with E-state index in [4.69, 9.17) is 9.47 Å². The Morgan fingerprint density at radius 2 is 1.64 bits per heavy atom. The quantitative estimate of drug-likeness (QED) is 0.0256. The Morgan fingerprint density at radius 1 is 0.836 bits per heavy atom. The smallest absolute Gasteiger partial charge is 0.164 e. The molecule has 0 spiro atoms. The number of ether oxygens (including phenoxy) is 2. The number of nitrogens with zero attached hydrogens (tertiary/aromatic N) is 1. The zero-order valence-corrected chi connectivity index (χ0v) is 34.7. The molecule has 0 saturated carbocycles. The second-order valence-electron chi connectivity index (χ2n) is 16.0. The molecule has 0 fully saturated rings. The van der Waals surface area contributed by atoms with E-state index in [2.05, 4.69) is 52.0 Å². The van der Waals surface area contributed by atoms with Gasteiger partial charge in [0.05, 0.1) is 19.3 Å². The van der Waals surface area contributed by atoms with Crippen molar-refractivity contribution in [3.63, 3.8) is 0 Å². The summed E-state index contributed by atoms with van der Waals surface area (Å²) < 4.78 is 11.7. The molecule has 0 bridgehead atoms. The van der Waals surface area contributed by atoms with Gasteiger partial charge in [0.1, 0.15) is 18.3 Å². The van der Waals surface area contributed by atoms with Crippen molar-refractivity contribution < 1.29 is 39.8 Å². The van der Waals surface area contributed by atoms with Crippen molar-refractivity contribution in [3.05, 3.63) is 161 Å². The standard InChI is InChI=1S/C50H54N3O8/c1-30(54)26-53-29-61-48-23-31(11-15-44(48)56)21-42(35-19-33(27-51-2)20-36(55)24-35)46(58)25-47(59)43(22-32-17-18-52-28-32)39-12-13-40(49-41(39)14-16-45(57)50(49)60-3)38-10-6-8-34-7-4-5-9-37(34)38/h4-20,23-24,28,30,39-40,42-43,47,51,53-57,59H,21-22,25-27,29H2,1-3H3/q-1/t30-,39-,40+,42+,43+,47+/m0/s1. The minimum absolute atomic E-state index is 0.0125. The first-order chi connectivity index (χ1) is 29.5. The summed E-state index contributed by atoms with van der Waals surface area (Å²) >= 11 is 0. The normalized spacial score (nSPS) is 16.7. The first-order valence-electron chi connectivity index (χ1n) is 20.7. The van der Waals surface area contributed by atoms with Gasteiger partial charge >= 0.3 is 0 Å². The van der Waals surface area contributed by atoms with Crippen molar-refractivity contribution in [2.75, 3.05) is 27.4 Å². The van der Waals surface area contributed by atoms with E-state index >= 15 is 0 Å². The van der Waals surface area contributed by atoms with Gasteiger partial charge in [0.15, 0.2) is 23.0 Å². The lowest BCUT2D eigenvalue weighted by Gasteiger charge is -2.36. The summed E-state index contributed by atoms with van der Waals surface area (Å²) in [6.45, 7) is 2.46. The van der Waals surface area contributed by atoms with Crippen molar-refractivity contribution in [2.45, 2.75) is 62.7 Å². The van der Waals surface area contributed by atoms with Gasteiger partial charge in [-0.25, -0.2) is 0 Å². The molecule has 7 rings (SSSR count). The second-order valence-corrected chi connectivity index (χ2v) is 16.0. The molecule has 0 amide bonds. The van der Waals surface area contributed by atoms with Crippen LogP contribution in [0.15, 0.2) is 122 Å². The number of rotatable bonds is 19. The number of allylic oxidation sites excluding steroid dienone is 2. The lowest BCUT2D eigenvalue weighted by Crippen LogP contribution is -2.33. The van der Waals surface area contributed by atoms with Gasteiger partial charge in [-0.05, 0) is 102 Å². The molecule has 1 heterocycles. The summed E-state index contributed by atoms with van der Waals surface area (Å²) in [5.41, 5.74) is 5.73. The summed E-state index contributed by atoms with van der Waals surface area (Å²) in [5.74, 6) is -1.64. The van der Waals surface area contributed by atoms with Crippen LogP contribution >= 0.6 is 0 Å². The number of aliphatic hydroxyl groups excluding tert-OH is 2. The highest BCUT2D eigenvalue weighted by molar-refractivity contribution is 5.88. The molecule has 1 aliphatic rings. The molecular formula is C50H54N3O8-. The van der Waals surface area contributed by atoms with E-state index in [9.17, 15) is 30.3 Å². The van der Waals surface area contributed by atoms with Crippen LogP contribution in [0.25, 0.3) is 10.8 Å². The number of hydrogen-bond donors (Lipinski definition) is 7. The zero-order chi connectivity index (χ0) is 43.0. The molecule has 61 heavy (non-hydrogen) atoms. The maximum Gasteiger partial charge on any atom is 0.164 e. The highest BCUT2D eigenvalue weighted by Crippen LogP contribution is 2.50. The van der Waals surface area contributed by atoms with Crippen LogP contribution in [0.2, 0.25) is 0 Å². The van der Waals surface area contributed by atoms with Crippen LogP contribution in [0.1, 0.15) is 70.0 Å². The van der Waals surface area contributed by atoms with Gasteiger partial charge in [-0.1, -0.05) is 84.4 Å². The number of aliphatic hydroxyl groups is 2. The lowest BCUT2D eigenvalue weighted by molar-refractivity contribution is -0.123. The van der Waals surface area contributed by atoms with Crippen LogP contribution in [-0.4, -0.2) is 71.0 Å². The highest BCUT2D eigenvalue weighted by Gasteiger charge is 2.38. The molecule has 1 aliphatic carbocycles. The van der Waals surface area contributed by atoms with E-state index in [1.165, 1.54) is 6.07 Å². The Bertz CT molecular complexity index is 2460. The van der Waals surface area contributed by atoms with Crippen molar-refractivity contribution in [1.29, 1.82) is 0 Å². The average molecular weight is 825 g/mol. The summed E-state index contributed by atoms with van der Waals surface area (Å²) in [7, 11) is 3.35. The fourth-order valence-corrected chi connectivity index (χ4v) is 8.79. The molecule has 0 saturated heterocycles. The number of ketones is 1. The van der Waals surface area contributed by atoms with E-state index in [0.29, 0.717) is 36.4 Å². The number of fused-ring (bicyclic) bond motifs is 2. The van der Waals surface area contributed by atoms with Crippen LogP contribution < -0.4 is 25.1 Å². The monoisotopic (exact) mass is 824 g/mol. The molecule has 7 N–H and O–H groups in total. The van der Waals surface area contributed by atoms with Crippen molar-refractivity contribution in [2.24, 2.45) is 5.92 Å². The van der Waals surface area contributed by atoms with Crippen molar-refractivity contribution >= 4 is 16.6 Å². The Hall–Kier alpha value is -6.11. The number of Topliss-reactive ketones (excluding diaryl/α,β-unsaturated/α-hetero) is 1. The zero-order valence-electron chi connectivity index (χ0n) is 34.7. The maximum absolute atomic E-state index is 14.9. The Labute approximate surface area is 356 Å². The van der Waals surface area contributed by atoms with Gasteiger partial charge < -0.3 is 45.3 Å². The predicted molar refractivity (Wildman–Crippen MR) is 236 cm³/mol. The molecule has 5 aromatic carbocycles. The Morgan fingerprint density at radius 3 is 2.41 bits per heavy atom. The second kappa shape index (κ2) is 19.5. The first kappa shape index (κ1) is 43.0. The van der Waals surface area contributed by atoms with E-state index in [0.717, 1.165) is 38.6 Å². The number of hydrogen-bond acceptors (Lipinski definition) is 10. The van der Waals surface area contributed by atoms with E-state index in [-0.39, 0.29) is 60.2 Å². The number of carbonyl (C=O) groups is 1. The van der Waals surface area contributed by atoms with Crippen molar-refractivity contribution in [1.82, 2.24) is 15.6 Å². The summed E-state index contributed by atoms with van der Waals surface area (Å²) in [6, 6.07) is 29.9. The van der Waals surface area contributed by atoms with Crippen LogP contribution in [-0.2, 0) is 24.2 Å². The first-order valence-corrected chi connectivity index (χ1v) is 20.7. The van der Waals surface area contributed by atoms with Gasteiger partial charge in [-0.2, -0.15) is 12.4 Å². The lowest BCUT2D eigenvalue weighted by atomic mass is 9.69. The molecule has 11 heteroatoms. The van der Waals surface area contributed by atoms with Crippen LogP contribution in [0.4, 0.5) is 0 Å². The molecule has 6 aromatic rings. The van der Waals surface area contributed by atoms with Gasteiger partial charge in [0.25, 0.3) is 0 Å². The third-order valence-electron chi connectivity index (χ3n) is 11.6. The van der Waals surface area contributed by atoms with Gasteiger partial charge in [-0.15, -0.1) is 0 Å². The number of phenols is 3. The number of phenolic OH excluding ortho intramolecular Hbond substituents is 3. The number of carbonyl (C=O) groups excluding carboxylic acids is 1. The Kier molecular flexibility index (Phi) is 13.8. The fraction of sp³-hybridized carbons (Fsp3) is 0.300.